The molecule has 0 aromatic heterocycles. The lowest BCUT2D eigenvalue weighted by Crippen LogP contribution is -2.27. The first-order valence-corrected chi connectivity index (χ1v) is 7.45. The van der Waals surface area contributed by atoms with E-state index in [4.69, 9.17) is 10.5 Å². The average molecular weight is 311 g/mol. The van der Waals surface area contributed by atoms with E-state index in [0.29, 0.717) is 12.1 Å². The number of nitrogens with zero attached hydrogens (tertiary/aromatic N) is 1. The van der Waals surface area contributed by atoms with Gasteiger partial charge in [-0.2, -0.15) is 5.10 Å². The summed E-state index contributed by atoms with van der Waals surface area (Å²) < 4.78 is 5.54. The molecule has 3 N–H and O–H groups in total. The maximum atomic E-state index is 10.8. The van der Waals surface area contributed by atoms with Gasteiger partial charge >= 0.3 is 6.03 Å². The van der Waals surface area contributed by atoms with Gasteiger partial charge in [-0.3, -0.25) is 0 Å². The third kappa shape index (κ3) is 4.40. The van der Waals surface area contributed by atoms with Crippen molar-refractivity contribution in [3.63, 3.8) is 0 Å². The highest BCUT2D eigenvalue weighted by Gasteiger charge is 2.17. The summed E-state index contributed by atoms with van der Waals surface area (Å²) in [5, 5.41) is 4.04. The van der Waals surface area contributed by atoms with Gasteiger partial charge in [0.05, 0.1) is 5.71 Å². The van der Waals surface area contributed by atoms with Crippen molar-refractivity contribution < 1.29 is 9.53 Å². The molecular weight excluding hydrogens is 290 g/mol. The van der Waals surface area contributed by atoms with Gasteiger partial charge in [0.2, 0.25) is 0 Å². The second kappa shape index (κ2) is 8.10. The van der Waals surface area contributed by atoms with Crippen LogP contribution in [0, 0.1) is 0 Å². The maximum absolute atomic E-state index is 10.8. The van der Waals surface area contributed by atoms with Crippen LogP contribution in [-0.2, 0) is 4.74 Å². The number of urea groups is 1. The molecule has 0 radical (unpaired) electrons. The molecule has 1 atom stereocenters. The van der Waals surface area contributed by atoms with E-state index in [1.54, 1.807) is 7.11 Å². The van der Waals surface area contributed by atoms with Crippen LogP contribution in [0.25, 0.3) is 11.1 Å². The summed E-state index contributed by atoms with van der Waals surface area (Å²) in [6.07, 6.45) is 0.316. The molecule has 2 rings (SSSR count). The normalized spacial score (nSPS) is 12.7. The molecule has 5 nitrogen and oxygen atoms in total. The average Bonchev–Trinajstić information content (AvgIpc) is 2.59. The first kappa shape index (κ1) is 16.7. The van der Waals surface area contributed by atoms with E-state index < -0.39 is 6.03 Å². The molecule has 0 heterocycles. The van der Waals surface area contributed by atoms with Crippen LogP contribution >= 0.6 is 0 Å². The van der Waals surface area contributed by atoms with E-state index in [2.05, 4.69) is 22.7 Å². The lowest BCUT2D eigenvalue weighted by atomic mass is 9.99. The lowest BCUT2D eigenvalue weighted by molar-refractivity contribution is 0.155. The van der Waals surface area contributed by atoms with E-state index in [1.807, 2.05) is 49.4 Å². The van der Waals surface area contributed by atoms with E-state index in [1.165, 1.54) is 0 Å². The van der Waals surface area contributed by atoms with Crippen molar-refractivity contribution in [1.29, 1.82) is 0 Å². The van der Waals surface area contributed by atoms with Crippen LogP contribution < -0.4 is 11.2 Å². The van der Waals surface area contributed by atoms with Crippen molar-refractivity contribution in [2.75, 3.05) is 7.11 Å². The van der Waals surface area contributed by atoms with Crippen molar-refractivity contribution in [3.05, 3.63) is 60.2 Å². The molecule has 1 unspecified atom stereocenters. The minimum atomic E-state index is -0.690. The smallest absolute Gasteiger partial charge is 0.332 e. The van der Waals surface area contributed by atoms with E-state index in [9.17, 15) is 4.79 Å². The van der Waals surface area contributed by atoms with Gasteiger partial charge in [-0.05, 0) is 23.1 Å². The monoisotopic (exact) mass is 311 g/mol. The number of carbonyl (C=O) groups is 1. The van der Waals surface area contributed by atoms with Crippen LogP contribution in [0.2, 0.25) is 0 Å². The summed E-state index contributed by atoms with van der Waals surface area (Å²) in [7, 11) is 1.62. The standard InChI is InChI=1S/C18H21N3O2/c1-3-16(20-21-18(19)22)17(23-2)15-11-9-14(10-12-15)13-7-5-4-6-8-13/h4-12,17H,3H2,1-2H3,(H3,19,21,22)/b20-16+. The molecule has 0 spiro atoms. The van der Waals surface area contributed by atoms with Crippen LogP contribution in [0.5, 0.6) is 0 Å². The third-order valence-electron chi connectivity index (χ3n) is 3.53. The van der Waals surface area contributed by atoms with E-state index in [-0.39, 0.29) is 6.10 Å². The molecule has 2 aromatic rings. The number of nitrogens with two attached hydrogens (primary N) is 1. The molecule has 0 aliphatic rings. The fourth-order valence-electron chi connectivity index (χ4n) is 2.40. The first-order valence-electron chi connectivity index (χ1n) is 7.45. The van der Waals surface area contributed by atoms with Gasteiger partial charge in [-0.15, -0.1) is 0 Å². The molecule has 120 valence electrons. The second-order valence-electron chi connectivity index (χ2n) is 5.04. The molecular formula is C18H21N3O2. The number of primary amides is 1. The van der Waals surface area contributed by atoms with Gasteiger partial charge in [0, 0.05) is 7.11 Å². The molecule has 0 aliphatic carbocycles. The van der Waals surface area contributed by atoms with Crippen LogP contribution in [0.1, 0.15) is 25.0 Å². The van der Waals surface area contributed by atoms with Gasteiger partial charge in [-0.1, -0.05) is 61.5 Å². The summed E-state index contributed by atoms with van der Waals surface area (Å²) in [6.45, 7) is 1.95. The number of amides is 2. The Kier molecular flexibility index (Phi) is 5.88. The number of ether oxygens (including phenoxy) is 1. The SMILES string of the molecule is CC/C(=N\NC(N)=O)C(OC)c1ccc(-c2ccccc2)cc1. The van der Waals surface area contributed by atoms with Crippen LogP contribution in [-0.4, -0.2) is 18.9 Å². The number of rotatable bonds is 6. The maximum Gasteiger partial charge on any atom is 0.332 e. The Balaban J connectivity index is 2.24. The molecule has 23 heavy (non-hydrogen) atoms. The van der Waals surface area contributed by atoms with Crippen molar-refractivity contribution in [1.82, 2.24) is 5.43 Å². The van der Waals surface area contributed by atoms with Crippen molar-refractivity contribution in [2.45, 2.75) is 19.4 Å². The molecule has 0 aliphatic heterocycles. The molecule has 0 saturated heterocycles. The predicted molar refractivity (Wildman–Crippen MR) is 92.1 cm³/mol. The second-order valence-corrected chi connectivity index (χ2v) is 5.04. The largest absolute Gasteiger partial charge is 0.371 e. The zero-order valence-electron chi connectivity index (χ0n) is 13.3. The van der Waals surface area contributed by atoms with Gasteiger partial charge in [0.15, 0.2) is 0 Å². The Morgan fingerprint density at radius 1 is 1.13 bits per heavy atom. The van der Waals surface area contributed by atoms with Crippen LogP contribution in [0.4, 0.5) is 4.79 Å². The molecule has 0 bridgehead atoms. The Morgan fingerprint density at radius 3 is 2.26 bits per heavy atom. The Morgan fingerprint density at radius 2 is 1.74 bits per heavy atom. The highest BCUT2D eigenvalue weighted by molar-refractivity contribution is 5.90. The number of hydrogen-bond acceptors (Lipinski definition) is 3. The minimum absolute atomic E-state index is 0.323. The highest BCUT2D eigenvalue weighted by Crippen LogP contribution is 2.24. The number of hydrazone groups is 1. The highest BCUT2D eigenvalue weighted by atomic mass is 16.5. The fraction of sp³-hybridized carbons (Fsp3) is 0.222. The zero-order chi connectivity index (χ0) is 16.7. The van der Waals surface area contributed by atoms with Crippen molar-refractivity contribution in [2.24, 2.45) is 10.8 Å². The third-order valence-corrected chi connectivity index (χ3v) is 3.53. The van der Waals surface area contributed by atoms with Crippen molar-refractivity contribution >= 4 is 11.7 Å². The topological polar surface area (TPSA) is 76.7 Å². The fourth-order valence-corrected chi connectivity index (χ4v) is 2.40. The summed E-state index contributed by atoms with van der Waals surface area (Å²) in [6, 6.07) is 17.6. The van der Waals surface area contributed by atoms with Gasteiger partial charge < -0.3 is 10.5 Å². The number of hydrogen-bond donors (Lipinski definition) is 2. The number of nitrogens with one attached hydrogen (secondary N) is 1. The Hall–Kier alpha value is -2.66. The van der Waals surface area contributed by atoms with Crippen molar-refractivity contribution in [3.8, 4) is 11.1 Å². The molecule has 0 fully saturated rings. The lowest BCUT2D eigenvalue weighted by Gasteiger charge is -2.17. The Labute approximate surface area is 136 Å². The van der Waals surface area contributed by atoms with Gasteiger partial charge in [-0.25, -0.2) is 10.2 Å². The first-order chi connectivity index (χ1) is 11.2. The molecule has 2 amide bonds. The number of benzene rings is 2. The number of carbonyl (C=O) groups excluding carboxylic acids is 1. The van der Waals surface area contributed by atoms with E-state index >= 15 is 0 Å². The van der Waals surface area contributed by atoms with E-state index in [0.717, 1.165) is 16.7 Å². The molecule has 5 heteroatoms. The Bertz CT molecular complexity index is 666. The number of methoxy groups -OCH3 is 1. The van der Waals surface area contributed by atoms with Gasteiger partial charge in [0.25, 0.3) is 0 Å². The van der Waals surface area contributed by atoms with Gasteiger partial charge in [0.1, 0.15) is 6.10 Å². The molecule has 2 aromatic carbocycles. The zero-order valence-corrected chi connectivity index (χ0v) is 13.3. The predicted octanol–water partition coefficient (Wildman–Crippen LogP) is 3.48. The summed E-state index contributed by atoms with van der Waals surface area (Å²) in [5.74, 6) is 0. The van der Waals surface area contributed by atoms with Crippen LogP contribution in [0.3, 0.4) is 0 Å². The quantitative estimate of drug-likeness (QED) is 0.633. The summed E-state index contributed by atoms with van der Waals surface area (Å²) in [5.41, 5.74) is 11.3. The summed E-state index contributed by atoms with van der Waals surface area (Å²) in [4.78, 5) is 10.8. The molecule has 0 saturated carbocycles. The summed E-state index contributed by atoms with van der Waals surface area (Å²) >= 11 is 0. The minimum Gasteiger partial charge on any atom is -0.371 e. The van der Waals surface area contributed by atoms with Crippen LogP contribution in [0.15, 0.2) is 59.7 Å².